The van der Waals surface area contributed by atoms with E-state index in [9.17, 15) is 5.26 Å². The van der Waals surface area contributed by atoms with Gasteiger partial charge in [-0.05, 0) is 50.4 Å². The van der Waals surface area contributed by atoms with Crippen molar-refractivity contribution in [2.24, 2.45) is 0 Å². The summed E-state index contributed by atoms with van der Waals surface area (Å²) in [6.07, 6.45) is 2.02. The lowest BCUT2D eigenvalue weighted by Crippen LogP contribution is -2.54. The molecule has 0 aliphatic carbocycles. The minimum atomic E-state index is 0.126. The quantitative estimate of drug-likeness (QED) is 0.499. The van der Waals surface area contributed by atoms with E-state index in [1.807, 2.05) is 12.1 Å². The van der Waals surface area contributed by atoms with Crippen LogP contribution in [0.25, 0.3) is 10.9 Å². The molecule has 9 nitrogen and oxygen atoms in total. The molecular weight excluding hydrogens is 488 g/mol. The van der Waals surface area contributed by atoms with Crippen molar-refractivity contribution in [3.05, 3.63) is 54.2 Å². The number of pyridine rings is 2. The highest BCUT2D eigenvalue weighted by atomic mass is 16.5. The maximum absolute atomic E-state index is 9.54. The normalized spacial score (nSPS) is 23.3. The zero-order valence-electron chi connectivity index (χ0n) is 23.0. The molecule has 9 heteroatoms. The number of nitrogens with zero attached hydrogens (tertiary/aromatic N) is 8. The molecule has 5 heterocycles. The highest BCUT2D eigenvalue weighted by Crippen LogP contribution is 2.30. The summed E-state index contributed by atoms with van der Waals surface area (Å²) >= 11 is 0. The van der Waals surface area contributed by atoms with Crippen molar-refractivity contribution >= 4 is 28.2 Å². The van der Waals surface area contributed by atoms with Gasteiger partial charge in [-0.25, -0.2) is 4.98 Å². The number of morpholine rings is 1. The maximum Gasteiger partial charge on any atom is 0.131 e. The molecule has 204 valence electrons. The second kappa shape index (κ2) is 11.3. The summed E-state index contributed by atoms with van der Waals surface area (Å²) in [5.74, 6) is 2.18. The van der Waals surface area contributed by atoms with Gasteiger partial charge in [-0.1, -0.05) is 6.07 Å². The van der Waals surface area contributed by atoms with Crippen molar-refractivity contribution in [2.45, 2.75) is 19.1 Å². The zero-order valence-corrected chi connectivity index (χ0v) is 23.0. The molecule has 2 atom stereocenters. The van der Waals surface area contributed by atoms with E-state index in [2.05, 4.69) is 79.9 Å². The topological polar surface area (TPSA) is 75.0 Å². The van der Waals surface area contributed by atoms with Crippen molar-refractivity contribution in [3.8, 4) is 6.07 Å². The van der Waals surface area contributed by atoms with Gasteiger partial charge in [-0.3, -0.25) is 9.88 Å². The lowest BCUT2D eigenvalue weighted by atomic mass is 10.1. The lowest BCUT2D eigenvalue weighted by Gasteiger charge is -2.42. The Bertz CT molecular complexity index is 1330. The average molecular weight is 527 g/mol. The fourth-order valence-electron chi connectivity index (χ4n) is 6.11. The number of fused-ring (bicyclic) bond motifs is 1. The number of benzene rings is 1. The Morgan fingerprint density at radius 1 is 0.872 bits per heavy atom. The first-order chi connectivity index (χ1) is 19.1. The smallest absolute Gasteiger partial charge is 0.131 e. The molecule has 6 rings (SSSR count). The van der Waals surface area contributed by atoms with Gasteiger partial charge in [0.2, 0.25) is 0 Å². The van der Waals surface area contributed by atoms with Crippen molar-refractivity contribution in [2.75, 3.05) is 93.7 Å². The van der Waals surface area contributed by atoms with E-state index in [-0.39, 0.29) is 12.2 Å². The van der Waals surface area contributed by atoms with Crippen molar-refractivity contribution in [1.29, 1.82) is 5.26 Å². The third kappa shape index (κ3) is 5.64. The number of likely N-dealkylation sites (N-methyl/N-ethyl adjacent to an activating group) is 1. The first-order valence-electron chi connectivity index (χ1n) is 14.1. The van der Waals surface area contributed by atoms with Crippen molar-refractivity contribution in [1.82, 2.24) is 19.8 Å². The molecule has 3 aliphatic rings. The van der Waals surface area contributed by atoms with E-state index in [4.69, 9.17) is 9.72 Å². The van der Waals surface area contributed by atoms with Crippen LogP contribution >= 0.6 is 0 Å². The number of piperazine rings is 2. The first-order valence-corrected chi connectivity index (χ1v) is 14.1. The molecule has 0 spiro atoms. The predicted molar refractivity (Wildman–Crippen MR) is 156 cm³/mol. The highest BCUT2D eigenvalue weighted by molar-refractivity contribution is 5.95. The minimum Gasteiger partial charge on any atom is -0.370 e. The van der Waals surface area contributed by atoms with E-state index in [0.29, 0.717) is 5.56 Å². The Kier molecular flexibility index (Phi) is 7.51. The number of nitriles is 1. The van der Waals surface area contributed by atoms with Gasteiger partial charge in [0.15, 0.2) is 0 Å². The summed E-state index contributed by atoms with van der Waals surface area (Å²) in [6.45, 7) is 12.9. The molecule has 0 bridgehead atoms. The molecule has 1 aromatic carbocycles. The second-order valence-electron chi connectivity index (χ2n) is 11.0. The van der Waals surface area contributed by atoms with Crippen LogP contribution < -0.4 is 14.7 Å². The zero-order chi connectivity index (χ0) is 26.8. The van der Waals surface area contributed by atoms with E-state index in [1.54, 1.807) is 6.20 Å². The number of ether oxygens (including phenoxy) is 1. The molecule has 0 unspecified atom stereocenters. The summed E-state index contributed by atoms with van der Waals surface area (Å²) in [5.41, 5.74) is 2.52. The molecule has 3 aliphatic heterocycles. The summed E-state index contributed by atoms with van der Waals surface area (Å²) in [4.78, 5) is 21.7. The van der Waals surface area contributed by atoms with Gasteiger partial charge in [0.1, 0.15) is 17.7 Å². The van der Waals surface area contributed by atoms with E-state index < -0.39 is 0 Å². The van der Waals surface area contributed by atoms with Gasteiger partial charge < -0.3 is 24.3 Å². The van der Waals surface area contributed by atoms with E-state index in [1.165, 1.54) is 0 Å². The van der Waals surface area contributed by atoms with E-state index in [0.717, 1.165) is 100 Å². The SMILES string of the molecule is C[C@H]1CN(c2ccc(C#N)c3ncccc23)C[C@@H](CN2CCN(c3cccc(N4CCN(C)CC4)n3)CC2)O1. The Morgan fingerprint density at radius 2 is 1.59 bits per heavy atom. The van der Waals surface area contributed by atoms with Gasteiger partial charge in [0.05, 0.1) is 23.3 Å². The minimum absolute atomic E-state index is 0.126. The third-order valence-electron chi connectivity index (χ3n) is 8.24. The number of rotatable bonds is 5. The van der Waals surface area contributed by atoms with Crippen molar-refractivity contribution in [3.63, 3.8) is 0 Å². The Labute approximate surface area is 231 Å². The van der Waals surface area contributed by atoms with Crippen LogP contribution in [0, 0.1) is 11.3 Å². The predicted octanol–water partition coefficient (Wildman–Crippen LogP) is 2.67. The molecule has 0 saturated carbocycles. The van der Waals surface area contributed by atoms with Gasteiger partial charge in [-0.15, -0.1) is 0 Å². The number of aromatic nitrogens is 2. The van der Waals surface area contributed by atoms with Crippen LogP contribution in [0.4, 0.5) is 17.3 Å². The number of hydrogen-bond donors (Lipinski definition) is 0. The van der Waals surface area contributed by atoms with Crippen LogP contribution in [-0.2, 0) is 4.74 Å². The standard InChI is InChI=1S/C30H38N8O/c1-23-20-38(27-9-8-24(19-31)30-26(27)5-4-10-32-30)22-25(39-23)21-35-13-17-37(18-14-35)29-7-3-6-28(33-29)36-15-11-34(2)12-16-36/h3-10,23,25H,11-18,20-22H2,1-2H3/t23-,25+/m0/s1. The van der Waals surface area contributed by atoms with Crippen LogP contribution in [0.3, 0.4) is 0 Å². The molecular formula is C30H38N8O. The summed E-state index contributed by atoms with van der Waals surface area (Å²) in [7, 11) is 2.18. The van der Waals surface area contributed by atoms with Gasteiger partial charge in [0.25, 0.3) is 0 Å². The molecule has 3 aromatic rings. The highest BCUT2D eigenvalue weighted by Gasteiger charge is 2.30. The average Bonchev–Trinajstić information content (AvgIpc) is 2.97. The van der Waals surface area contributed by atoms with Crippen LogP contribution in [0.15, 0.2) is 48.7 Å². The molecule has 3 saturated heterocycles. The maximum atomic E-state index is 9.54. The lowest BCUT2D eigenvalue weighted by molar-refractivity contribution is -0.0327. The van der Waals surface area contributed by atoms with Crippen molar-refractivity contribution < 1.29 is 4.74 Å². The number of hydrogen-bond acceptors (Lipinski definition) is 9. The summed E-state index contributed by atoms with van der Waals surface area (Å²) < 4.78 is 6.41. The van der Waals surface area contributed by atoms with Gasteiger partial charge >= 0.3 is 0 Å². The first kappa shape index (κ1) is 25.8. The molecule has 3 fully saturated rings. The molecule has 0 radical (unpaired) electrons. The van der Waals surface area contributed by atoms with Crippen LogP contribution in [0.5, 0.6) is 0 Å². The third-order valence-corrected chi connectivity index (χ3v) is 8.24. The Balaban J connectivity index is 1.08. The van der Waals surface area contributed by atoms with Crippen LogP contribution in [0.2, 0.25) is 0 Å². The van der Waals surface area contributed by atoms with Gasteiger partial charge in [-0.2, -0.15) is 5.26 Å². The molecule has 0 N–H and O–H groups in total. The van der Waals surface area contributed by atoms with Crippen LogP contribution in [0.1, 0.15) is 12.5 Å². The van der Waals surface area contributed by atoms with Gasteiger partial charge in [0, 0.05) is 89.3 Å². The summed E-state index contributed by atoms with van der Waals surface area (Å²) in [5, 5.41) is 10.6. The number of anilines is 3. The Morgan fingerprint density at radius 3 is 2.31 bits per heavy atom. The Hall–Kier alpha value is -3.45. The monoisotopic (exact) mass is 526 g/mol. The largest absolute Gasteiger partial charge is 0.370 e. The molecule has 2 aromatic heterocycles. The summed E-state index contributed by atoms with van der Waals surface area (Å²) in [6, 6.07) is 16.7. The molecule has 39 heavy (non-hydrogen) atoms. The van der Waals surface area contributed by atoms with E-state index >= 15 is 0 Å². The van der Waals surface area contributed by atoms with Crippen LogP contribution in [-0.4, -0.2) is 111 Å². The fraction of sp³-hybridized carbons (Fsp3) is 0.500. The second-order valence-corrected chi connectivity index (χ2v) is 11.0. The fourth-order valence-corrected chi connectivity index (χ4v) is 6.11. The molecule has 0 amide bonds.